The summed E-state index contributed by atoms with van der Waals surface area (Å²) >= 11 is 7.19. The number of halogens is 1. The Hall–Kier alpha value is -1.16. The first-order chi connectivity index (χ1) is 8.58. The lowest BCUT2D eigenvalue weighted by molar-refractivity contribution is 0.104. The molecule has 0 spiro atoms. The first-order valence-corrected chi connectivity index (χ1v) is 6.80. The molecule has 0 radical (unpaired) electrons. The van der Waals surface area contributed by atoms with Crippen molar-refractivity contribution in [1.82, 2.24) is 4.90 Å². The molecular weight excluding hydrogens is 266 g/mol. The summed E-state index contributed by atoms with van der Waals surface area (Å²) in [7, 11) is 3.98. The van der Waals surface area contributed by atoms with Gasteiger partial charge in [-0.05, 0) is 31.8 Å². The van der Waals surface area contributed by atoms with Crippen molar-refractivity contribution in [1.29, 1.82) is 0 Å². The zero-order valence-corrected chi connectivity index (χ0v) is 11.9. The summed E-state index contributed by atoms with van der Waals surface area (Å²) in [4.78, 5) is 15.1. The molecule has 0 saturated carbocycles. The van der Waals surface area contributed by atoms with Crippen molar-refractivity contribution in [2.45, 2.75) is 6.54 Å². The van der Waals surface area contributed by atoms with Crippen LogP contribution in [0.2, 0.25) is 4.34 Å². The number of carbonyl (C=O) groups is 1. The van der Waals surface area contributed by atoms with Crippen LogP contribution >= 0.6 is 22.9 Å². The van der Waals surface area contributed by atoms with Crippen molar-refractivity contribution in [2.75, 3.05) is 14.1 Å². The van der Waals surface area contributed by atoms with Crippen molar-refractivity contribution in [2.24, 2.45) is 0 Å². The molecule has 1 aromatic carbocycles. The molecule has 0 aliphatic rings. The molecule has 0 amide bonds. The minimum absolute atomic E-state index is 0.0457. The molecular formula is C14H14ClNOS. The number of hydrogen-bond donors (Lipinski definition) is 0. The van der Waals surface area contributed by atoms with E-state index in [4.69, 9.17) is 11.6 Å². The van der Waals surface area contributed by atoms with Crippen LogP contribution in [0.1, 0.15) is 20.8 Å². The van der Waals surface area contributed by atoms with Crippen LogP contribution in [-0.2, 0) is 6.54 Å². The monoisotopic (exact) mass is 279 g/mol. The van der Waals surface area contributed by atoms with Gasteiger partial charge in [0, 0.05) is 12.1 Å². The molecule has 4 heteroatoms. The molecule has 2 aromatic rings. The third-order valence-corrected chi connectivity index (χ3v) is 3.78. The van der Waals surface area contributed by atoms with Gasteiger partial charge in [-0.3, -0.25) is 4.79 Å². The fraction of sp³-hybridized carbons (Fsp3) is 0.214. The van der Waals surface area contributed by atoms with Crippen molar-refractivity contribution < 1.29 is 4.79 Å². The molecule has 1 aromatic heterocycles. The van der Waals surface area contributed by atoms with Crippen LogP contribution in [-0.4, -0.2) is 24.8 Å². The summed E-state index contributed by atoms with van der Waals surface area (Å²) in [5.41, 5.74) is 1.79. The normalized spacial score (nSPS) is 10.9. The van der Waals surface area contributed by atoms with E-state index in [2.05, 4.69) is 0 Å². The third-order valence-electron chi connectivity index (χ3n) is 2.55. The Bertz CT molecular complexity index is 562. The van der Waals surface area contributed by atoms with Crippen molar-refractivity contribution in [3.8, 4) is 0 Å². The second-order valence-electron chi connectivity index (χ2n) is 4.33. The predicted molar refractivity (Wildman–Crippen MR) is 76.6 cm³/mol. The summed E-state index contributed by atoms with van der Waals surface area (Å²) in [6.45, 7) is 0.751. The number of carbonyl (C=O) groups excluding carboxylic acids is 1. The Morgan fingerprint density at radius 2 is 1.94 bits per heavy atom. The summed E-state index contributed by atoms with van der Waals surface area (Å²) < 4.78 is 0.642. The molecule has 2 rings (SSSR count). The Balaban J connectivity index is 2.35. The number of hydrogen-bond acceptors (Lipinski definition) is 3. The Labute approximate surface area is 116 Å². The van der Waals surface area contributed by atoms with E-state index in [1.807, 2.05) is 43.3 Å². The standard InChI is InChI=1S/C14H14ClNOS/c1-16(2)9-10-5-3-4-6-11(10)14(17)12-7-8-13(15)18-12/h3-8H,9H2,1-2H3. The molecule has 0 unspecified atom stereocenters. The van der Waals surface area contributed by atoms with Crippen molar-refractivity contribution >= 4 is 28.7 Å². The van der Waals surface area contributed by atoms with Gasteiger partial charge in [0.2, 0.25) is 5.78 Å². The number of thiophene rings is 1. The summed E-state index contributed by atoms with van der Waals surface area (Å²) in [6.07, 6.45) is 0. The van der Waals surface area contributed by atoms with Gasteiger partial charge in [0.1, 0.15) is 0 Å². The highest BCUT2D eigenvalue weighted by Gasteiger charge is 2.15. The maximum atomic E-state index is 12.4. The van der Waals surface area contributed by atoms with Crippen LogP contribution < -0.4 is 0 Å². The van der Waals surface area contributed by atoms with Crippen molar-refractivity contribution in [3.05, 3.63) is 56.7 Å². The number of ketones is 1. The van der Waals surface area contributed by atoms with Gasteiger partial charge < -0.3 is 4.90 Å². The zero-order valence-electron chi connectivity index (χ0n) is 10.3. The summed E-state index contributed by atoms with van der Waals surface area (Å²) in [5.74, 6) is 0.0457. The van der Waals surface area contributed by atoms with Crippen LogP contribution in [0.15, 0.2) is 36.4 Å². The first-order valence-electron chi connectivity index (χ1n) is 5.60. The van der Waals surface area contributed by atoms with E-state index in [1.165, 1.54) is 11.3 Å². The lowest BCUT2D eigenvalue weighted by Gasteiger charge is -2.12. The van der Waals surface area contributed by atoms with Gasteiger partial charge in [-0.1, -0.05) is 35.9 Å². The molecule has 2 nitrogen and oxygen atoms in total. The smallest absolute Gasteiger partial charge is 0.203 e. The van der Waals surface area contributed by atoms with E-state index in [1.54, 1.807) is 12.1 Å². The zero-order chi connectivity index (χ0) is 13.1. The lowest BCUT2D eigenvalue weighted by atomic mass is 10.0. The number of benzene rings is 1. The maximum absolute atomic E-state index is 12.4. The number of nitrogens with zero attached hydrogens (tertiary/aromatic N) is 1. The van der Waals surface area contributed by atoms with E-state index in [0.717, 1.165) is 17.7 Å². The SMILES string of the molecule is CN(C)Cc1ccccc1C(=O)c1ccc(Cl)s1. The quantitative estimate of drug-likeness (QED) is 0.796. The minimum Gasteiger partial charge on any atom is -0.305 e. The highest BCUT2D eigenvalue weighted by atomic mass is 35.5. The Kier molecular flexibility index (Phi) is 4.17. The highest BCUT2D eigenvalue weighted by Crippen LogP contribution is 2.25. The Morgan fingerprint density at radius 1 is 1.22 bits per heavy atom. The second-order valence-corrected chi connectivity index (χ2v) is 6.04. The van der Waals surface area contributed by atoms with Gasteiger partial charge in [-0.15, -0.1) is 11.3 Å². The van der Waals surface area contributed by atoms with Gasteiger partial charge in [-0.25, -0.2) is 0 Å². The molecule has 0 N–H and O–H groups in total. The molecule has 0 aliphatic heterocycles. The first kappa shape index (κ1) is 13.3. The van der Waals surface area contributed by atoms with Gasteiger partial charge >= 0.3 is 0 Å². The molecule has 0 atom stereocenters. The fourth-order valence-electron chi connectivity index (χ4n) is 1.79. The van der Waals surface area contributed by atoms with E-state index in [0.29, 0.717) is 9.21 Å². The highest BCUT2D eigenvalue weighted by molar-refractivity contribution is 7.18. The van der Waals surface area contributed by atoms with Gasteiger partial charge in [0.25, 0.3) is 0 Å². The molecule has 1 heterocycles. The van der Waals surface area contributed by atoms with Gasteiger partial charge in [0.05, 0.1) is 9.21 Å². The molecule has 18 heavy (non-hydrogen) atoms. The molecule has 0 aliphatic carbocycles. The average Bonchev–Trinajstić information content (AvgIpc) is 2.75. The fourth-order valence-corrected chi connectivity index (χ4v) is 2.79. The third kappa shape index (κ3) is 2.99. The summed E-state index contributed by atoms with van der Waals surface area (Å²) in [5, 5.41) is 0. The molecule has 0 bridgehead atoms. The van der Waals surface area contributed by atoms with E-state index in [-0.39, 0.29) is 5.78 Å². The van der Waals surface area contributed by atoms with E-state index < -0.39 is 0 Å². The summed E-state index contributed by atoms with van der Waals surface area (Å²) in [6, 6.07) is 11.2. The van der Waals surface area contributed by atoms with Crippen LogP contribution in [0.3, 0.4) is 0 Å². The second kappa shape index (κ2) is 5.65. The largest absolute Gasteiger partial charge is 0.305 e. The molecule has 94 valence electrons. The van der Waals surface area contributed by atoms with E-state index in [9.17, 15) is 4.79 Å². The van der Waals surface area contributed by atoms with Gasteiger partial charge in [0.15, 0.2) is 0 Å². The molecule has 0 fully saturated rings. The van der Waals surface area contributed by atoms with Crippen LogP contribution in [0.25, 0.3) is 0 Å². The Morgan fingerprint density at radius 3 is 2.56 bits per heavy atom. The lowest BCUT2D eigenvalue weighted by Crippen LogP contribution is -2.14. The average molecular weight is 280 g/mol. The maximum Gasteiger partial charge on any atom is 0.203 e. The van der Waals surface area contributed by atoms with Crippen molar-refractivity contribution in [3.63, 3.8) is 0 Å². The van der Waals surface area contributed by atoms with Crippen LogP contribution in [0.5, 0.6) is 0 Å². The molecule has 0 saturated heterocycles. The van der Waals surface area contributed by atoms with Gasteiger partial charge in [-0.2, -0.15) is 0 Å². The van der Waals surface area contributed by atoms with Crippen LogP contribution in [0.4, 0.5) is 0 Å². The van der Waals surface area contributed by atoms with E-state index >= 15 is 0 Å². The predicted octanol–water partition coefficient (Wildman–Crippen LogP) is 3.69. The number of rotatable bonds is 4. The van der Waals surface area contributed by atoms with Crippen LogP contribution in [0, 0.1) is 0 Å². The topological polar surface area (TPSA) is 20.3 Å². The minimum atomic E-state index is 0.0457.